The summed E-state index contributed by atoms with van der Waals surface area (Å²) < 4.78 is 7.94. The number of pyridine rings is 1. The van der Waals surface area contributed by atoms with Crippen LogP contribution in [-0.2, 0) is 23.2 Å². The van der Waals surface area contributed by atoms with Gasteiger partial charge in [-0.25, -0.2) is 4.52 Å². The number of carbonyl (C=O) groups excluding carboxylic acids is 1. The Hall–Kier alpha value is -2.83. The summed E-state index contributed by atoms with van der Waals surface area (Å²) in [6.07, 6.45) is 6.91. The molecule has 1 N–H and O–H groups in total. The van der Waals surface area contributed by atoms with Crippen LogP contribution < -0.4 is 0 Å². The van der Waals surface area contributed by atoms with Crippen molar-refractivity contribution in [2.24, 2.45) is 7.05 Å². The predicted octanol–water partition coefficient (Wildman–Crippen LogP) is 1.11. The first kappa shape index (κ1) is 12.2. The standard InChI is InChI=1S/C13H12N4O3/c1-16-5-10(3-14-16)9-2-12(19)13-11(7-20-8-18)4-15-17(13)6-9/h2-6,8,19H,7H2,1H3. The van der Waals surface area contributed by atoms with Gasteiger partial charge in [0, 0.05) is 36.1 Å². The molecule has 0 saturated heterocycles. The molecule has 7 nitrogen and oxygen atoms in total. The van der Waals surface area contributed by atoms with E-state index in [-0.39, 0.29) is 12.4 Å². The maximum Gasteiger partial charge on any atom is 0.293 e. The lowest BCUT2D eigenvalue weighted by Gasteiger charge is -2.04. The fourth-order valence-electron chi connectivity index (χ4n) is 2.12. The second-order valence-electron chi connectivity index (χ2n) is 4.39. The third kappa shape index (κ3) is 1.99. The highest BCUT2D eigenvalue weighted by atomic mass is 16.5. The SMILES string of the molecule is Cn1cc(-c2cc(O)c3c(COC=O)cnn3c2)cn1. The van der Waals surface area contributed by atoms with E-state index >= 15 is 0 Å². The van der Waals surface area contributed by atoms with E-state index in [0.717, 1.165) is 11.1 Å². The molecule has 20 heavy (non-hydrogen) atoms. The van der Waals surface area contributed by atoms with E-state index in [2.05, 4.69) is 10.2 Å². The fourth-order valence-corrected chi connectivity index (χ4v) is 2.12. The summed E-state index contributed by atoms with van der Waals surface area (Å²) in [6, 6.07) is 1.64. The number of rotatable bonds is 4. The molecule has 3 aromatic heterocycles. The molecule has 3 rings (SSSR count). The number of hydrogen-bond donors (Lipinski definition) is 1. The van der Waals surface area contributed by atoms with Crippen LogP contribution in [0.5, 0.6) is 5.75 Å². The van der Waals surface area contributed by atoms with Crippen molar-refractivity contribution in [1.29, 1.82) is 0 Å². The van der Waals surface area contributed by atoms with Crippen LogP contribution in [0.15, 0.2) is 30.9 Å². The topological polar surface area (TPSA) is 81.6 Å². The molecule has 0 aliphatic carbocycles. The summed E-state index contributed by atoms with van der Waals surface area (Å²) in [4.78, 5) is 10.2. The first-order valence-corrected chi connectivity index (χ1v) is 5.92. The molecule has 0 saturated carbocycles. The van der Waals surface area contributed by atoms with Crippen LogP contribution >= 0.6 is 0 Å². The van der Waals surface area contributed by atoms with Crippen LogP contribution in [0.3, 0.4) is 0 Å². The van der Waals surface area contributed by atoms with E-state index in [1.165, 1.54) is 0 Å². The molecule has 0 fully saturated rings. The van der Waals surface area contributed by atoms with Gasteiger partial charge in [-0.15, -0.1) is 0 Å². The predicted molar refractivity (Wildman–Crippen MR) is 69.9 cm³/mol. The Balaban J connectivity index is 2.09. The smallest absolute Gasteiger partial charge is 0.293 e. The van der Waals surface area contributed by atoms with E-state index in [4.69, 9.17) is 4.74 Å². The molecule has 7 heteroatoms. The summed E-state index contributed by atoms with van der Waals surface area (Å²) in [5.74, 6) is 0.0772. The minimum atomic E-state index is 0.0762. The first-order valence-electron chi connectivity index (χ1n) is 5.92. The van der Waals surface area contributed by atoms with Crippen molar-refractivity contribution in [2.45, 2.75) is 6.61 Å². The third-order valence-corrected chi connectivity index (χ3v) is 3.01. The van der Waals surface area contributed by atoms with Gasteiger partial charge < -0.3 is 9.84 Å². The summed E-state index contributed by atoms with van der Waals surface area (Å²) in [5, 5.41) is 18.4. The second-order valence-corrected chi connectivity index (χ2v) is 4.39. The number of carbonyl (C=O) groups is 1. The number of aryl methyl sites for hydroxylation is 1. The number of nitrogens with zero attached hydrogens (tertiary/aromatic N) is 4. The number of aromatic hydroxyl groups is 1. The summed E-state index contributed by atoms with van der Waals surface area (Å²) in [6.45, 7) is 0.442. The van der Waals surface area contributed by atoms with Crippen molar-refractivity contribution in [3.8, 4) is 16.9 Å². The average molecular weight is 272 g/mol. The van der Waals surface area contributed by atoms with Crippen LogP contribution in [0.25, 0.3) is 16.6 Å². The molecule has 0 radical (unpaired) electrons. The maximum absolute atomic E-state index is 10.2. The molecule has 102 valence electrons. The zero-order valence-electron chi connectivity index (χ0n) is 10.7. The Morgan fingerprint density at radius 1 is 1.30 bits per heavy atom. The molecular weight excluding hydrogens is 260 g/mol. The van der Waals surface area contributed by atoms with Gasteiger partial charge in [-0.2, -0.15) is 10.2 Å². The van der Waals surface area contributed by atoms with E-state index in [1.54, 1.807) is 33.9 Å². The number of aromatic nitrogens is 4. The van der Waals surface area contributed by atoms with E-state index in [1.807, 2.05) is 13.2 Å². The fraction of sp³-hybridized carbons (Fsp3) is 0.154. The van der Waals surface area contributed by atoms with Crippen molar-refractivity contribution in [1.82, 2.24) is 19.4 Å². The molecule has 0 amide bonds. The van der Waals surface area contributed by atoms with Gasteiger partial charge in [-0.1, -0.05) is 0 Å². The van der Waals surface area contributed by atoms with E-state index < -0.39 is 0 Å². The van der Waals surface area contributed by atoms with Gasteiger partial charge in [0.1, 0.15) is 17.9 Å². The number of hydrogen-bond acceptors (Lipinski definition) is 5. The molecule has 0 aromatic carbocycles. The third-order valence-electron chi connectivity index (χ3n) is 3.01. The Morgan fingerprint density at radius 3 is 2.85 bits per heavy atom. The monoisotopic (exact) mass is 272 g/mol. The first-order chi connectivity index (χ1) is 9.69. The van der Waals surface area contributed by atoms with Crippen molar-refractivity contribution in [2.75, 3.05) is 0 Å². The van der Waals surface area contributed by atoms with Gasteiger partial charge in [-0.05, 0) is 6.07 Å². The minimum Gasteiger partial charge on any atom is -0.506 e. The van der Waals surface area contributed by atoms with Crippen molar-refractivity contribution in [3.05, 3.63) is 36.4 Å². The molecule has 3 heterocycles. The molecule has 0 aliphatic rings. The van der Waals surface area contributed by atoms with Crippen molar-refractivity contribution < 1.29 is 14.6 Å². The molecule has 3 aromatic rings. The molecule has 0 spiro atoms. The molecule has 0 bridgehead atoms. The van der Waals surface area contributed by atoms with E-state index in [0.29, 0.717) is 17.6 Å². The summed E-state index contributed by atoms with van der Waals surface area (Å²) in [5.41, 5.74) is 2.85. The van der Waals surface area contributed by atoms with Gasteiger partial charge in [0.15, 0.2) is 0 Å². The lowest BCUT2D eigenvalue weighted by atomic mass is 10.1. The number of ether oxygens (including phenoxy) is 1. The van der Waals surface area contributed by atoms with Gasteiger partial charge in [0.05, 0.1) is 12.4 Å². The quantitative estimate of drug-likeness (QED) is 0.719. The van der Waals surface area contributed by atoms with Gasteiger partial charge in [0.2, 0.25) is 0 Å². The van der Waals surface area contributed by atoms with Gasteiger partial charge in [0.25, 0.3) is 6.47 Å². The van der Waals surface area contributed by atoms with Crippen LogP contribution in [-0.4, -0.2) is 31.0 Å². The molecule has 0 atom stereocenters. The normalized spacial score (nSPS) is 10.8. The van der Waals surface area contributed by atoms with Crippen LogP contribution in [0.1, 0.15) is 5.56 Å². The highest BCUT2D eigenvalue weighted by molar-refractivity contribution is 5.72. The van der Waals surface area contributed by atoms with Gasteiger partial charge >= 0.3 is 0 Å². The number of fused-ring (bicyclic) bond motifs is 1. The average Bonchev–Trinajstić information content (AvgIpc) is 3.03. The lowest BCUT2D eigenvalue weighted by molar-refractivity contribution is -0.129. The summed E-state index contributed by atoms with van der Waals surface area (Å²) >= 11 is 0. The van der Waals surface area contributed by atoms with Crippen LogP contribution in [0.4, 0.5) is 0 Å². The molecular formula is C13H12N4O3. The maximum atomic E-state index is 10.2. The lowest BCUT2D eigenvalue weighted by Crippen LogP contribution is -1.92. The largest absolute Gasteiger partial charge is 0.506 e. The Bertz CT molecular complexity index is 775. The van der Waals surface area contributed by atoms with Crippen molar-refractivity contribution in [3.63, 3.8) is 0 Å². The molecule has 0 unspecified atom stereocenters. The highest BCUT2D eigenvalue weighted by Gasteiger charge is 2.12. The summed E-state index contributed by atoms with van der Waals surface area (Å²) in [7, 11) is 1.82. The van der Waals surface area contributed by atoms with Crippen molar-refractivity contribution >= 4 is 12.0 Å². The Kier molecular flexibility index (Phi) is 2.86. The zero-order valence-corrected chi connectivity index (χ0v) is 10.7. The Morgan fingerprint density at radius 2 is 2.15 bits per heavy atom. The van der Waals surface area contributed by atoms with Crippen LogP contribution in [0.2, 0.25) is 0 Å². The highest BCUT2D eigenvalue weighted by Crippen LogP contribution is 2.29. The second kappa shape index (κ2) is 4.69. The minimum absolute atomic E-state index is 0.0762. The van der Waals surface area contributed by atoms with Crippen LogP contribution in [0, 0.1) is 0 Å². The zero-order chi connectivity index (χ0) is 14.1. The Labute approximate surface area is 114 Å². The van der Waals surface area contributed by atoms with E-state index in [9.17, 15) is 9.90 Å². The molecule has 0 aliphatic heterocycles. The van der Waals surface area contributed by atoms with Gasteiger partial charge in [-0.3, -0.25) is 9.48 Å².